The molecular weight excluding hydrogens is 346 g/mol. The van der Waals surface area contributed by atoms with Gasteiger partial charge >= 0.3 is 5.97 Å². The maximum atomic E-state index is 12.3. The van der Waals surface area contributed by atoms with E-state index in [0.717, 1.165) is 22.3 Å². The van der Waals surface area contributed by atoms with Crippen LogP contribution in [-0.4, -0.2) is 28.6 Å². The number of hydrogen-bond acceptors (Lipinski definition) is 2. The Balaban J connectivity index is 2.07. The second-order valence-electron chi connectivity index (χ2n) is 7.15. The Morgan fingerprint density at radius 2 is 1.21 bits per heavy atom. The summed E-state index contributed by atoms with van der Waals surface area (Å²) >= 11 is 0. The lowest BCUT2D eigenvalue weighted by molar-refractivity contribution is -0.142. The molecule has 4 rings (SSSR count). The second kappa shape index (κ2) is 7.45. The summed E-state index contributed by atoms with van der Waals surface area (Å²) in [5.74, 6) is -0.821. The van der Waals surface area contributed by atoms with E-state index in [4.69, 9.17) is 0 Å². The van der Waals surface area contributed by atoms with Crippen molar-refractivity contribution in [2.45, 2.75) is 18.5 Å². The van der Waals surface area contributed by atoms with Gasteiger partial charge in [0.25, 0.3) is 0 Å². The smallest absolute Gasteiger partial charge is 0.325 e. The number of carbonyl (C=O) groups is 1. The number of carboxylic acids is 1. The van der Waals surface area contributed by atoms with Crippen molar-refractivity contribution >= 4 is 5.97 Å². The molecule has 0 fully saturated rings. The molecule has 1 aliphatic heterocycles. The average molecular weight is 369 g/mol. The summed E-state index contributed by atoms with van der Waals surface area (Å²) in [7, 11) is 0. The molecule has 0 amide bonds. The molecule has 3 heteroatoms. The number of hydrogen-bond donors (Lipinski definition) is 1. The SMILES string of the molecule is CC1=CCN(C(c2ccccc2)(c2ccccc2)c2ccccc2)[C@@H]1C(=O)O. The molecule has 0 saturated carbocycles. The van der Waals surface area contributed by atoms with Crippen molar-refractivity contribution in [3.05, 3.63) is 119 Å². The topological polar surface area (TPSA) is 40.5 Å². The van der Waals surface area contributed by atoms with E-state index in [0.29, 0.717) is 6.54 Å². The fourth-order valence-corrected chi connectivity index (χ4v) is 4.40. The third kappa shape index (κ3) is 2.85. The van der Waals surface area contributed by atoms with Gasteiger partial charge in [-0.2, -0.15) is 0 Å². The Morgan fingerprint density at radius 3 is 1.57 bits per heavy atom. The van der Waals surface area contributed by atoms with Crippen LogP contribution in [0, 0.1) is 0 Å². The van der Waals surface area contributed by atoms with Gasteiger partial charge in [-0.1, -0.05) is 97.1 Å². The van der Waals surface area contributed by atoms with Gasteiger partial charge in [-0.3, -0.25) is 9.69 Å². The first-order chi connectivity index (χ1) is 13.7. The first kappa shape index (κ1) is 18.2. The third-order valence-corrected chi connectivity index (χ3v) is 5.59. The first-order valence-corrected chi connectivity index (χ1v) is 9.48. The van der Waals surface area contributed by atoms with Crippen LogP contribution in [0.3, 0.4) is 0 Å². The highest BCUT2D eigenvalue weighted by Gasteiger charge is 2.48. The zero-order valence-corrected chi connectivity index (χ0v) is 15.8. The molecular formula is C25H23NO2. The zero-order valence-electron chi connectivity index (χ0n) is 15.8. The summed E-state index contributed by atoms with van der Waals surface area (Å²) in [6, 6.07) is 29.9. The number of benzene rings is 3. The Morgan fingerprint density at radius 1 is 0.821 bits per heavy atom. The molecule has 3 aromatic carbocycles. The van der Waals surface area contributed by atoms with E-state index >= 15 is 0 Å². The number of nitrogens with zero attached hydrogens (tertiary/aromatic N) is 1. The van der Waals surface area contributed by atoms with Crippen LogP contribution in [0.4, 0.5) is 0 Å². The standard InChI is InChI=1S/C25H23NO2/c1-19-17-18-26(23(19)24(27)28)25(20-11-5-2-6-12-20,21-13-7-3-8-14-21)22-15-9-4-10-16-22/h2-17,23H,18H2,1H3,(H,27,28)/t23-/m0/s1. The Labute approximate surface area is 165 Å². The van der Waals surface area contributed by atoms with Gasteiger partial charge in [0, 0.05) is 6.54 Å². The molecule has 0 bridgehead atoms. The average Bonchev–Trinajstić information content (AvgIpc) is 3.13. The molecule has 3 nitrogen and oxygen atoms in total. The van der Waals surface area contributed by atoms with Crippen LogP contribution in [0.5, 0.6) is 0 Å². The quantitative estimate of drug-likeness (QED) is 0.524. The van der Waals surface area contributed by atoms with Gasteiger partial charge < -0.3 is 5.11 Å². The van der Waals surface area contributed by atoms with Gasteiger partial charge in [-0.25, -0.2) is 0 Å². The Hall–Kier alpha value is -3.17. The van der Waals surface area contributed by atoms with Gasteiger partial charge in [-0.15, -0.1) is 0 Å². The van der Waals surface area contributed by atoms with Crippen molar-refractivity contribution in [1.29, 1.82) is 0 Å². The van der Waals surface area contributed by atoms with Gasteiger partial charge in [-0.05, 0) is 29.2 Å². The van der Waals surface area contributed by atoms with E-state index in [1.807, 2.05) is 67.6 Å². The molecule has 1 N–H and O–H groups in total. The van der Waals surface area contributed by atoms with E-state index in [-0.39, 0.29) is 0 Å². The predicted octanol–water partition coefficient (Wildman–Crippen LogP) is 4.69. The molecule has 28 heavy (non-hydrogen) atoms. The van der Waals surface area contributed by atoms with Crippen LogP contribution in [0.25, 0.3) is 0 Å². The van der Waals surface area contributed by atoms with Crippen LogP contribution < -0.4 is 0 Å². The predicted molar refractivity (Wildman–Crippen MR) is 111 cm³/mol. The Kier molecular flexibility index (Phi) is 4.84. The van der Waals surface area contributed by atoms with Crippen molar-refractivity contribution in [3.8, 4) is 0 Å². The molecule has 0 unspecified atom stereocenters. The molecule has 0 radical (unpaired) electrons. The molecule has 3 aromatic rings. The fraction of sp³-hybridized carbons (Fsp3) is 0.160. The van der Waals surface area contributed by atoms with Crippen molar-refractivity contribution in [2.75, 3.05) is 6.54 Å². The number of carboxylic acid groups (broad SMARTS) is 1. The summed E-state index contributed by atoms with van der Waals surface area (Å²) in [5.41, 5.74) is 3.34. The summed E-state index contributed by atoms with van der Waals surface area (Å²) in [4.78, 5) is 14.4. The molecule has 0 spiro atoms. The molecule has 1 heterocycles. The highest BCUT2D eigenvalue weighted by atomic mass is 16.4. The van der Waals surface area contributed by atoms with Crippen molar-refractivity contribution in [2.24, 2.45) is 0 Å². The second-order valence-corrected chi connectivity index (χ2v) is 7.15. The van der Waals surface area contributed by atoms with Crippen LogP contribution in [0.2, 0.25) is 0 Å². The minimum Gasteiger partial charge on any atom is -0.480 e. The lowest BCUT2D eigenvalue weighted by Crippen LogP contribution is -2.53. The van der Waals surface area contributed by atoms with Gasteiger partial charge in [0.15, 0.2) is 0 Å². The zero-order chi connectivity index (χ0) is 19.6. The monoisotopic (exact) mass is 369 g/mol. The molecule has 0 aliphatic carbocycles. The lowest BCUT2D eigenvalue weighted by atomic mass is 9.75. The third-order valence-electron chi connectivity index (χ3n) is 5.59. The summed E-state index contributed by atoms with van der Waals surface area (Å²) < 4.78 is 0. The van der Waals surface area contributed by atoms with E-state index in [2.05, 4.69) is 41.3 Å². The number of aliphatic carboxylic acids is 1. The minimum atomic E-state index is -0.821. The van der Waals surface area contributed by atoms with E-state index in [9.17, 15) is 9.90 Å². The molecule has 1 atom stereocenters. The van der Waals surface area contributed by atoms with Crippen LogP contribution in [-0.2, 0) is 10.3 Å². The van der Waals surface area contributed by atoms with E-state index < -0.39 is 17.6 Å². The summed E-state index contributed by atoms with van der Waals surface area (Å²) in [5, 5.41) is 10.1. The maximum Gasteiger partial charge on any atom is 0.325 e. The van der Waals surface area contributed by atoms with Gasteiger partial charge in [0.2, 0.25) is 0 Å². The largest absolute Gasteiger partial charge is 0.480 e. The molecule has 0 aromatic heterocycles. The summed E-state index contributed by atoms with van der Waals surface area (Å²) in [6.07, 6.45) is 2.03. The first-order valence-electron chi connectivity index (χ1n) is 9.48. The minimum absolute atomic E-state index is 0.571. The van der Waals surface area contributed by atoms with Crippen molar-refractivity contribution < 1.29 is 9.90 Å². The van der Waals surface area contributed by atoms with Crippen LogP contribution in [0.1, 0.15) is 23.6 Å². The van der Waals surface area contributed by atoms with Gasteiger partial charge in [0.05, 0.1) is 5.54 Å². The summed E-state index contributed by atoms with van der Waals surface area (Å²) in [6.45, 7) is 2.48. The molecule has 1 aliphatic rings. The molecule has 140 valence electrons. The lowest BCUT2D eigenvalue weighted by Gasteiger charge is -2.46. The highest BCUT2D eigenvalue weighted by molar-refractivity contribution is 5.79. The maximum absolute atomic E-state index is 12.3. The van der Waals surface area contributed by atoms with Gasteiger partial charge in [0.1, 0.15) is 6.04 Å². The Bertz CT molecular complexity index is 884. The van der Waals surface area contributed by atoms with E-state index in [1.54, 1.807) is 0 Å². The fourth-order valence-electron chi connectivity index (χ4n) is 4.40. The van der Waals surface area contributed by atoms with E-state index in [1.165, 1.54) is 0 Å². The van der Waals surface area contributed by atoms with Crippen molar-refractivity contribution in [3.63, 3.8) is 0 Å². The van der Waals surface area contributed by atoms with Crippen LogP contribution in [0.15, 0.2) is 103 Å². The highest BCUT2D eigenvalue weighted by Crippen LogP contribution is 2.45. The normalized spacial score (nSPS) is 17.3. The van der Waals surface area contributed by atoms with Crippen LogP contribution >= 0.6 is 0 Å². The number of rotatable bonds is 5. The van der Waals surface area contributed by atoms with Crippen molar-refractivity contribution in [1.82, 2.24) is 4.90 Å². The molecule has 0 saturated heterocycles.